The van der Waals surface area contributed by atoms with Gasteiger partial charge >= 0.3 is 0 Å². The van der Waals surface area contributed by atoms with Crippen molar-refractivity contribution in [2.75, 3.05) is 19.0 Å². The van der Waals surface area contributed by atoms with Crippen LogP contribution >= 0.6 is 12.2 Å². The molecule has 0 aliphatic rings. The first kappa shape index (κ1) is 20.3. The molecule has 3 rings (SSSR count). The monoisotopic (exact) mass is 411 g/mol. The maximum Gasteiger partial charge on any atom is 0.251 e. The number of rotatable bonds is 7. The highest BCUT2D eigenvalue weighted by atomic mass is 32.1. The largest absolute Gasteiger partial charge is 0.497 e. The summed E-state index contributed by atoms with van der Waals surface area (Å²) in [6.45, 7) is 2.35. The molecule has 0 aliphatic heterocycles. The van der Waals surface area contributed by atoms with E-state index in [4.69, 9.17) is 17.0 Å². The van der Waals surface area contributed by atoms with E-state index in [1.165, 1.54) is 0 Å². The highest BCUT2D eigenvalue weighted by Gasteiger charge is 2.13. The Kier molecular flexibility index (Phi) is 6.40. The number of H-pyrrole nitrogens is 1. The lowest BCUT2D eigenvalue weighted by Gasteiger charge is -2.10. The molecule has 2 aromatic carbocycles. The van der Waals surface area contributed by atoms with Crippen molar-refractivity contribution in [3.63, 3.8) is 0 Å². The molecule has 1 aromatic heterocycles. The topological polar surface area (TPSA) is 101 Å². The highest BCUT2D eigenvalue weighted by Crippen LogP contribution is 2.21. The van der Waals surface area contributed by atoms with E-state index in [1.807, 2.05) is 31.2 Å². The molecule has 150 valence electrons. The third kappa shape index (κ3) is 4.88. The predicted octanol–water partition coefficient (Wildman–Crippen LogP) is 3.00. The van der Waals surface area contributed by atoms with Crippen LogP contribution in [0.25, 0.3) is 11.4 Å². The van der Waals surface area contributed by atoms with Gasteiger partial charge in [0.15, 0.2) is 10.6 Å². The third-order valence-corrected chi connectivity index (χ3v) is 4.47. The normalized spacial score (nSPS) is 10.4. The van der Waals surface area contributed by atoms with E-state index in [0.29, 0.717) is 28.4 Å². The molecule has 9 heteroatoms. The Labute approximate surface area is 172 Å². The molecule has 2 amide bonds. The first-order valence-corrected chi connectivity index (χ1v) is 9.40. The van der Waals surface area contributed by atoms with Crippen molar-refractivity contribution in [2.45, 2.75) is 13.5 Å². The SMILES string of the molecule is CCNC(=O)c1cccc(NC(=O)Cn2c(-c3ccc(OC)cc3)n[nH]c2=S)c1. The van der Waals surface area contributed by atoms with Gasteiger partial charge in [0, 0.05) is 23.4 Å². The average Bonchev–Trinajstić information content (AvgIpc) is 3.08. The van der Waals surface area contributed by atoms with Gasteiger partial charge in [0.25, 0.3) is 5.91 Å². The Hall–Kier alpha value is -3.46. The molecule has 3 N–H and O–H groups in total. The smallest absolute Gasteiger partial charge is 0.251 e. The first-order chi connectivity index (χ1) is 14.0. The highest BCUT2D eigenvalue weighted by molar-refractivity contribution is 7.71. The Bertz CT molecular complexity index is 1070. The van der Waals surface area contributed by atoms with Crippen molar-refractivity contribution < 1.29 is 14.3 Å². The summed E-state index contributed by atoms with van der Waals surface area (Å²) in [7, 11) is 1.59. The zero-order chi connectivity index (χ0) is 20.8. The number of aromatic amines is 1. The molecular formula is C20H21N5O3S. The zero-order valence-electron chi connectivity index (χ0n) is 16.1. The van der Waals surface area contributed by atoms with Crippen molar-refractivity contribution in [1.29, 1.82) is 0 Å². The van der Waals surface area contributed by atoms with Crippen LogP contribution in [-0.4, -0.2) is 40.2 Å². The van der Waals surface area contributed by atoms with E-state index in [-0.39, 0.29) is 18.4 Å². The number of nitrogens with one attached hydrogen (secondary N) is 3. The van der Waals surface area contributed by atoms with Gasteiger partial charge in [0.2, 0.25) is 5.91 Å². The maximum atomic E-state index is 12.6. The molecule has 0 fully saturated rings. The van der Waals surface area contributed by atoms with Crippen LogP contribution in [0.5, 0.6) is 5.75 Å². The van der Waals surface area contributed by atoms with Gasteiger partial charge in [-0.1, -0.05) is 6.07 Å². The molecule has 0 radical (unpaired) electrons. The number of amides is 2. The van der Waals surface area contributed by atoms with E-state index in [9.17, 15) is 9.59 Å². The summed E-state index contributed by atoms with van der Waals surface area (Å²) in [5, 5.41) is 12.5. The van der Waals surface area contributed by atoms with Gasteiger partial charge in [-0.3, -0.25) is 19.3 Å². The lowest BCUT2D eigenvalue weighted by atomic mass is 10.2. The fourth-order valence-corrected chi connectivity index (χ4v) is 2.97. The number of carbonyl (C=O) groups is 2. The predicted molar refractivity (Wildman–Crippen MR) is 112 cm³/mol. The second-order valence-corrected chi connectivity index (χ2v) is 6.54. The van der Waals surface area contributed by atoms with Crippen LogP contribution < -0.4 is 15.4 Å². The molecular weight excluding hydrogens is 390 g/mol. The van der Waals surface area contributed by atoms with Crippen LogP contribution in [0.4, 0.5) is 5.69 Å². The van der Waals surface area contributed by atoms with Crippen molar-refractivity contribution in [1.82, 2.24) is 20.1 Å². The number of hydrogen-bond acceptors (Lipinski definition) is 5. The number of carbonyl (C=O) groups excluding carboxylic acids is 2. The standard InChI is InChI=1S/C20H21N5O3S/c1-3-21-19(27)14-5-4-6-15(11-14)22-17(26)12-25-18(23-24-20(25)29)13-7-9-16(28-2)10-8-13/h4-11H,3,12H2,1-2H3,(H,21,27)(H,22,26)(H,24,29). The van der Waals surface area contributed by atoms with E-state index < -0.39 is 0 Å². The number of benzene rings is 2. The molecule has 0 saturated carbocycles. The van der Waals surface area contributed by atoms with Gasteiger partial charge in [0.1, 0.15) is 12.3 Å². The van der Waals surface area contributed by atoms with E-state index >= 15 is 0 Å². The first-order valence-electron chi connectivity index (χ1n) is 8.99. The number of nitrogens with zero attached hydrogens (tertiary/aromatic N) is 2. The molecule has 1 heterocycles. The fraction of sp³-hybridized carbons (Fsp3) is 0.200. The fourth-order valence-electron chi connectivity index (χ4n) is 2.77. The van der Waals surface area contributed by atoms with Crippen LogP contribution in [0.3, 0.4) is 0 Å². The van der Waals surface area contributed by atoms with E-state index in [1.54, 1.807) is 35.9 Å². The number of aromatic nitrogens is 3. The molecule has 3 aromatic rings. The molecule has 0 bridgehead atoms. The summed E-state index contributed by atoms with van der Waals surface area (Å²) in [6.07, 6.45) is 0. The van der Waals surface area contributed by atoms with Gasteiger partial charge in [-0.05, 0) is 61.6 Å². The molecule has 0 unspecified atom stereocenters. The van der Waals surface area contributed by atoms with Gasteiger partial charge < -0.3 is 15.4 Å². The molecule has 8 nitrogen and oxygen atoms in total. The summed E-state index contributed by atoms with van der Waals surface area (Å²) in [4.78, 5) is 24.6. The summed E-state index contributed by atoms with van der Waals surface area (Å²) in [5.41, 5.74) is 1.80. The summed E-state index contributed by atoms with van der Waals surface area (Å²) in [6, 6.07) is 14.1. The maximum absolute atomic E-state index is 12.6. The van der Waals surface area contributed by atoms with Crippen LogP contribution in [0, 0.1) is 4.77 Å². The number of anilines is 1. The molecule has 0 atom stereocenters. The van der Waals surface area contributed by atoms with Gasteiger partial charge in [-0.25, -0.2) is 0 Å². The van der Waals surface area contributed by atoms with Crippen LogP contribution in [0.15, 0.2) is 48.5 Å². The summed E-state index contributed by atoms with van der Waals surface area (Å²) in [5.74, 6) is 0.788. The molecule has 0 saturated heterocycles. The van der Waals surface area contributed by atoms with Crippen LogP contribution in [0.2, 0.25) is 0 Å². The Balaban J connectivity index is 1.76. The average molecular weight is 411 g/mol. The van der Waals surface area contributed by atoms with E-state index in [2.05, 4.69) is 20.8 Å². The minimum absolute atomic E-state index is 0.0257. The van der Waals surface area contributed by atoms with Crippen molar-refractivity contribution in [3.8, 4) is 17.1 Å². The molecule has 0 aliphatic carbocycles. The minimum atomic E-state index is -0.287. The lowest BCUT2D eigenvalue weighted by molar-refractivity contribution is -0.116. The Morgan fingerprint density at radius 3 is 2.66 bits per heavy atom. The third-order valence-electron chi connectivity index (χ3n) is 4.15. The van der Waals surface area contributed by atoms with Gasteiger partial charge in [0.05, 0.1) is 7.11 Å². The van der Waals surface area contributed by atoms with Gasteiger partial charge in [-0.15, -0.1) is 0 Å². The Morgan fingerprint density at radius 1 is 1.21 bits per heavy atom. The molecule has 0 spiro atoms. The molecule has 29 heavy (non-hydrogen) atoms. The van der Waals surface area contributed by atoms with Crippen molar-refractivity contribution in [2.24, 2.45) is 0 Å². The minimum Gasteiger partial charge on any atom is -0.497 e. The second-order valence-electron chi connectivity index (χ2n) is 6.16. The number of hydrogen-bond donors (Lipinski definition) is 3. The number of ether oxygens (including phenoxy) is 1. The quantitative estimate of drug-likeness (QED) is 0.519. The summed E-state index contributed by atoms with van der Waals surface area (Å²) >= 11 is 5.28. The van der Waals surface area contributed by atoms with Crippen molar-refractivity contribution in [3.05, 3.63) is 58.9 Å². The number of methoxy groups -OCH3 is 1. The second kappa shape index (κ2) is 9.16. The lowest BCUT2D eigenvalue weighted by Crippen LogP contribution is -2.23. The summed E-state index contributed by atoms with van der Waals surface area (Å²) < 4.78 is 7.11. The van der Waals surface area contributed by atoms with Crippen LogP contribution in [-0.2, 0) is 11.3 Å². The Morgan fingerprint density at radius 2 is 1.97 bits per heavy atom. The van der Waals surface area contributed by atoms with Crippen molar-refractivity contribution >= 4 is 29.7 Å². The van der Waals surface area contributed by atoms with Gasteiger partial charge in [-0.2, -0.15) is 5.10 Å². The zero-order valence-corrected chi connectivity index (χ0v) is 16.9. The van der Waals surface area contributed by atoms with E-state index in [0.717, 1.165) is 11.3 Å². The van der Waals surface area contributed by atoms with Crippen LogP contribution in [0.1, 0.15) is 17.3 Å².